The summed E-state index contributed by atoms with van der Waals surface area (Å²) in [5, 5.41) is 10.2. The summed E-state index contributed by atoms with van der Waals surface area (Å²) >= 11 is 0. The van der Waals surface area contributed by atoms with Crippen LogP contribution >= 0.6 is 0 Å². The average Bonchev–Trinajstić information content (AvgIpc) is 2.42. The second-order valence-electron chi connectivity index (χ2n) is 4.82. The zero-order valence-corrected chi connectivity index (χ0v) is 12.2. The summed E-state index contributed by atoms with van der Waals surface area (Å²) in [4.78, 5) is 2.20. The SMILES string of the molecule is C=C(C)COc1ccc(C(O)CN(CC)CC)cc1. The molecule has 0 aliphatic heterocycles. The lowest BCUT2D eigenvalue weighted by atomic mass is 10.1. The fourth-order valence-electron chi connectivity index (χ4n) is 1.82. The normalized spacial score (nSPS) is 12.5. The summed E-state index contributed by atoms with van der Waals surface area (Å²) in [6.45, 7) is 13.0. The van der Waals surface area contributed by atoms with Gasteiger partial charge in [0, 0.05) is 6.54 Å². The van der Waals surface area contributed by atoms with E-state index in [0.29, 0.717) is 13.2 Å². The van der Waals surface area contributed by atoms with Gasteiger partial charge in [0.1, 0.15) is 12.4 Å². The van der Waals surface area contributed by atoms with Crippen LogP contribution in [0.4, 0.5) is 0 Å². The lowest BCUT2D eigenvalue weighted by Gasteiger charge is -2.22. The standard InChI is InChI=1S/C16H25NO2/c1-5-17(6-2)11-16(18)14-7-9-15(10-8-14)19-12-13(3)4/h7-10,16,18H,3,5-6,11-12H2,1-2,4H3. The molecule has 0 aliphatic rings. The number of nitrogens with zero attached hydrogens (tertiary/aromatic N) is 1. The molecular formula is C16H25NO2. The molecule has 19 heavy (non-hydrogen) atoms. The molecule has 106 valence electrons. The van der Waals surface area contributed by atoms with E-state index in [-0.39, 0.29) is 0 Å². The molecule has 1 atom stereocenters. The highest BCUT2D eigenvalue weighted by atomic mass is 16.5. The van der Waals surface area contributed by atoms with E-state index in [1.807, 2.05) is 31.2 Å². The monoisotopic (exact) mass is 263 g/mol. The maximum absolute atomic E-state index is 10.2. The van der Waals surface area contributed by atoms with Crippen molar-refractivity contribution in [3.63, 3.8) is 0 Å². The Hall–Kier alpha value is -1.32. The van der Waals surface area contributed by atoms with Gasteiger partial charge in [0.2, 0.25) is 0 Å². The zero-order chi connectivity index (χ0) is 14.3. The van der Waals surface area contributed by atoms with Crippen LogP contribution < -0.4 is 4.74 Å². The highest BCUT2D eigenvalue weighted by Crippen LogP contribution is 2.19. The number of hydrogen-bond donors (Lipinski definition) is 1. The van der Waals surface area contributed by atoms with Gasteiger partial charge in [-0.05, 0) is 43.3 Å². The van der Waals surface area contributed by atoms with Crippen molar-refractivity contribution in [2.45, 2.75) is 26.9 Å². The molecule has 0 heterocycles. The maximum atomic E-state index is 10.2. The lowest BCUT2D eigenvalue weighted by Crippen LogP contribution is -2.28. The molecule has 0 amide bonds. The fraction of sp³-hybridized carbons (Fsp3) is 0.500. The first kappa shape index (κ1) is 15.7. The molecule has 0 saturated carbocycles. The second-order valence-corrected chi connectivity index (χ2v) is 4.82. The van der Waals surface area contributed by atoms with Gasteiger partial charge in [-0.1, -0.05) is 32.6 Å². The molecule has 0 radical (unpaired) electrons. The molecule has 0 spiro atoms. The largest absolute Gasteiger partial charge is 0.489 e. The molecule has 0 aliphatic carbocycles. The fourth-order valence-corrected chi connectivity index (χ4v) is 1.82. The van der Waals surface area contributed by atoms with Crippen molar-refractivity contribution in [2.24, 2.45) is 0 Å². The Bertz CT molecular complexity index is 382. The van der Waals surface area contributed by atoms with Crippen molar-refractivity contribution in [1.29, 1.82) is 0 Å². The Kier molecular flexibility index (Phi) is 6.60. The molecule has 3 heteroatoms. The van der Waals surface area contributed by atoms with E-state index in [1.54, 1.807) is 0 Å². The topological polar surface area (TPSA) is 32.7 Å². The van der Waals surface area contributed by atoms with Crippen molar-refractivity contribution < 1.29 is 9.84 Å². The maximum Gasteiger partial charge on any atom is 0.119 e. The van der Waals surface area contributed by atoms with E-state index < -0.39 is 6.10 Å². The highest BCUT2D eigenvalue weighted by molar-refractivity contribution is 5.29. The Morgan fingerprint density at radius 2 is 1.84 bits per heavy atom. The van der Waals surface area contributed by atoms with Gasteiger partial charge >= 0.3 is 0 Å². The highest BCUT2D eigenvalue weighted by Gasteiger charge is 2.11. The van der Waals surface area contributed by atoms with Gasteiger partial charge in [0.25, 0.3) is 0 Å². The number of aliphatic hydroxyl groups excluding tert-OH is 1. The number of likely N-dealkylation sites (N-methyl/N-ethyl adjacent to an activating group) is 1. The van der Waals surface area contributed by atoms with Crippen molar-refractivity contribution >= 4 is 0 Å². The molecule has 1 aromatic rings. The van der Waals surface area contributed by atoms with Gasteiger partial charge in [-0.15, -0.1) is 0 Å². The van der Waals surface area contributed by atoms with Gasteiger partial charge in [-0.3, -0.25) is 0 Å². The average molecular weight is 263 g/mol. The van der Waals surface area contributed by atoms with Crippen molar-refractivity contribution in [1.82, 2.24) is 4.90 Å². The first-order chi connectivity index (χ1) is 9.06. The molecular weight excluding hydrogens is 238 g/mol. The van der Waals surface area contributed by atoms with Gasteiger partial charge < -0.3 is 14.7 Å². The van der Waals surface area contributed by atoms with Gasteiger partial charge in [-0.25, -0.2) is 0 Å². The third-order valence-corrected chi connectivity index (χ3v) is 3.08. The van der Waals surface area contributed by atoms with Crippen LogP contribution in [0.3, 0.4) is 0 Å². The Balaban J connectivity index is 2.57. The minimum absolute atomic E-state index is 0.449. The number of rotatable bonds is 8. The minimum atomic E-state index is -0.449. The van der Waals surface area contributed by atoms with Crippen LogP contribution in [0.15, 0.2) is 36.4 Å². The minimum Gasteiger partial charge on any atom is -0.489 e. The number of benzene rings is 1. The zero-order valence-electron chi connectivity index (χ0n) is 12.2. The van der Waals surface area contributed by atoms with E-state index in [4.69, 9.17) is 4.74 Å². The van der Waals surface area contributed by atoms with Crippen LogP contribution in [0.2, 0.25) is 0 Å². The van der Waals surface area contributed by atoms with E-state index >= 15 is 0 Å². The Labute approximate surface area is 116 Å². The van der Waals surface area contributed by atoms with Crippen molar-refractivity contribution in [3.05, 3.63) is 42.0 Å². The predicted octanol–water partition coefficient (Wildman–Crippen LogP) is 3.02. The third kappa shape index (κ3) is 5.45. The van der Waals surface area contributed by atoms with Crippen LogP contribution in [0.25, 0.3) is 0 Å². The third-order valence-electron chi connectivity index (χ3n) is 3.08. The van der Waals surface area contributed by atoms with Crippen LogP contribution in [0.5, 0.6) is 5.75 Å². The van der Waals surface area contributed by atoms with Crippen molar-refractivity contribution in [2.75, 3.05) is 26.2 Å². The first-order valence-corrected chi connectivity index (χ1v) is 6.84. The molecule has 1 rings (SSSR count). The predicted molar refractivity (Wildman–Crippen MR) is 79.5 cm³/mol. The molecule has 1 aromatic carbocycles. The van der Waals surface area contributed by atoms with Gasteiger partial charge in [0.05, 0.1) is 6.10 Å². The summed E-state index contributed by atoms with van der Waals surface area (Å²) in [6, 6.07) is 7.62. The smallest absolute Gasteiger partial charge is 0.119 e. The number of ether oxygens (including phenoxy) is 1. The molecule has 0 bridgehead atoms. The molecule has 1 N–H and O–H groups in total. The summed E-state index contributed by atoms with van der Waals surface area (Å²) in [5.74, 6) is 0.807. The number of aliphatic hydroxyl groups is 1. The van der Waals surface area contributed by atoms with Crippen LogP contribution in [-0.4, -0.2) is 36.2 Å². The van der Waals surface area contributed by atoms with E-state index in [2.05, 4.69) is 25.3 Å². The Morgan fingerprint density at radius 3 is 2.32 bits per heavy atom. The van der Waals surface area contributed by atoms with E-state index in [1.165, 1.54) is 0 Å². The molecule has 0 aromatic heterocycles. The number of hydrogen-bond acceptors (Lipinski definition) is 3. The summed E-state index contributed by atoms with van der Waals surface area (Å²) in [6.07, 6.45) is -0.449. The van der Waals surface area contributed by atoms with Crippen LogP contribution in [0.1, 0.15) is 32.4 Å². The molecule has 0 saturated heterocycles. The van der Waals surface area contributed by atoms with Gasteiger partial charge in [0.15, 0.2) is 0 Å². The quantitative estimate of drug-likeness (QED) is 0.732. The summed E-state index contributed by atoms with van der Waals surface area (Å²) in [5.41, 5.74) is 1.92. The van der Waals surface area contributed by atoms with Crippen LogP contribution in [0, 0.1) is 0 Å². The van der Waals surface area contributed by atoms with Crippen molar-refractivity contribution in [3.8, 4) is 5.75 Å². The molecule has 1 unspecified atom stereocenters. The Morgan fingerprint density at radius 1 is 1.26 bits per heavy atom. The molecule has 0 fully saturated rings. The van der Waals surface area contributed by atoms with E-state index in [9.17, 15) is 5.11 Å². The first-order valence-electron chi connectivity index (χ1n) is 6.84. The molecule has 3 nitrogen and oxygen atoms in total. The van der Waals surface area contributed by atoms with Crippen LogP contribution in [-0.2, 0) is 0 Å². The summed E-state index contributed by atoms with van der Waals surface area (Å²) < 4.78 is 5.53. The van der Waals surface area contributed by atoms with Gasteiger partial charge in [-0.2, -0.15) is 0 Å². The van der Waals surface area contributed by atoms with E-state index in [0.717, 1.165) is 30.0 Å². The summed E-state index contributed by atoms with van der Waals surface area (Å²) in [7, 11) is 0. The lowest BCUT2D eigenvalue weighted by molar-refractivity contribution is 0.119. The second kappa shape index (κ2) is 7.97.